The molecule has 3 aromatic rings. The molecule has 3 aromatic heterocycles. The van der Waals surface area contributed by atoms with E-state index < -0.39 is 62.4 Å². The number of H-pyrrole nitrogens is 1. The quantitative estimate of drug-likeness (QED) is 0.114. The van der Waals surface area contributed by atoms with Crippen LogP contribution in [0.1, 0.15) is 53.5 Å². The lowest BCUT2D eigenvalue weighted by Crippen LogP contribution is -2.40. The minimum atomic E-state index is -4.79. The zero-order valence-corrected chi connectivity index (χ0v) is 27.8. The van der Waals surface area contributed by atoms with Gasteiger partial charge in [-0.15, -0.1) is 6.42 Å². The standard InChI is InChI=1S/C27H37N8O11P/c1-9-10-40-25(37)44-20-19(45-47(38,39)46-27(5,6)7)17(13-42-26(2,3)4)43-23(20)35-15-30-18-21(28-14-29-22(18)35)31-24(36)41-12-16-11-34(8)33-32-16/h1,11,14-15,17,19-20,23H,10,12-13H2,2-8H3,(H2,28,29,31,36,38,39)/p+1/t17-,19?,20+,23-/m1/s1. The van der Waals surface area contributed by atoms with Crippen molar-refractivity contribution in [3.8, 4) is 12.3 Å². The number of carbonyl (C=O) groups is 2. The molecule has 20 heteroatoms. The fourth-order valence-electron chi connectivity index (χ4n) is 4.31. The van der Waals surface area contributed by atoms with Crippen molar-refractivity contribution in [3.63, 3.8) is 0 Å². The van der Waals surface area contributed by atoms with E-state index in [9.17, 15) is 19.0 Å². The molecule has 0 aromatic carbocycles. The number of imidazole rings is 1. The molecule has 19 nitrogen and oxygen atoms in total. The van der Waals surface area contributed by atoms with Crippen LogP contribution in [0.25, 0.3) is 11.2 Å². The number of rotatable bonds is 11. The molecule has 4 heterocycles. The smallest absolute Gasteiger partial charge is 0.440 e. The van der Waals surface area contributed by atoms with Crippen LogP contribution < -0.4 is 10.00 Å². The third kappa shape index (κ3) is 9.91. The van der Waals surface area contributed by atoms with Gasteiger partial charge in [-0.25, -0.2) is 29.1 Å². The highest BCUT2D eigenvalue weighted by molar-refractivity contribution is 7.47. The molecular formula is C27H38N8O11P+. The predicted molar refractivity (Wildman–Crippen MR) is 159 cm³/mol. The summed E-state index contributed by atoms with van der Waals surface area (Å²) >= 11 is 0. The van der Waals surface area contributed by atoms with Crippen LogP contribution in [0.5, 0.6) is 0 Å². The maximum absolute atomic E-state index is 13.2. The first-order valence-electron chi connectivity index (χ1n) is 14.2. The third-order valence-corrected chi connectivity index (χ3v) is 7.30. The average Bonchev–Trinajstić information content (AvgIpc) is 3.65. The number of aromatic amines is 1. The topological polar surface area (TPSA) is 224 Å². The Bertz CT molecular complexity index is 1660. The van der Waals surface area contributed by atoms with Crippen LogP contribution in [0.15, 0.2) is 18.9 Å². The van der Waals surface area contributed by atoms with Crippen LogP contribution in [0, 0.1) is 12.3 Å². The van der Waals surface area contributed by atoms with Crippen molar-refractivity contribution in [2.75, 3.05) is 18.5 Å². The third-order valence-electron chi connectivity index (χ3n) is 6.01. The summed E-state index contributed by atoms with van der Waals surface area (Å²) in [6.07, 6.45) is 2.00. The first-order chi connectivity index (χ1) is 21.9. The van der Waals surface area contributed by atoms with Gasteiger partial charge in [0, 0.05) is 5.10 Å². The van der Waals surface area contributed by atoms with Crippen molar-refractivity contribution in [2.45, 2.75) is 83.9 Å². The van der Waals surface area contributed by atoms with E-state index in [0.29, 0.717) is 5.69 Å². The number of nitrogens with one attached hydrogen (secondary N) is 2. The predicted octanol–water partition coefficient (Wildman–Crippen LogP) is 2.29. The molecule has 1 saturated heterocycles. The van der Waals surface area contributed by atoms with Gasteiger partial charge in [-0.2, -0.15) is 4.68 Å². The summed E-state index contributed by atoms with van der Waals surface area (Å²) in [5, 5.41) is 9.16. The molecule has 47 heavy (non-hydrogen) atoms. The molecule has 0 saturated carbocycles. The molecule has 1 amide bonds. The van der Waals surface area contributed by atoms with Gasteiger partial charge in [0.1, 0.15) is 25.6 Å². The zero-order chi connectivity index (χ0) is 34.6. The minimum Gasteiger partial charge on any atom is -0.440 e. The number of hydrogen-bond acceptors (Lipinski definition) is 14. The lowest BCUT2D eigenvalue weighted by molar-refractivity contribution is -0.730. The highest BCUT2D eigenvalue weighted by atomic mass is 31.2. The Balaban J connectivity index is 1.67. The lowest BCUT2D eigenvalue weighted by atomic mass is 10.1. The fraction of sp³-hybridized carbons (Fsp3) is 0.593. The van der Waals surface area contributed by atoms with E-state index in [0.717, 1.165) is 6.33 Å². The summed E-state index contributed by atoms with van der Waals surface area (Å²) in [5.41, 5.74) is -1.02. The van der Waals surface area contributed by atoms with Gasteiger partial charge < -0.3 is 28.6 Å². The Kier molecular flexibility index (Phi) is 10.8. The number of aromatic nitrogens is 7. The van der Waals surface area contributed by atoms with E-state index in [4.69, 9.17) is 39.2 Å². The Morgan fingerprint density at radius 2 is 1.91 bits per heavy atom. The molecular weight excluding hydrogens is 643 g/mol. The number of nitrogens with zero attached hydrogens (tertiary/aromatic N) is 6. The van der Waals surface area contributed by atoms with Crippen LogP contribution in [0.2, 0.25) is 0 Å². The number of ether oxygens (including phenoxy) is 5. The molecule has 5 atom stereocenters. The summed E-state index contributed by atoms with van der Waals surface area (Å²) in [6, 6.07) is 0. The number of amides is 1. The van der Waals surface area contributed by atoms with Crippen molar-refractivity contribution in [1.29, 1.82) is 0 Å². The van der Waals surface area contributed by atoms with Crippen molar-refractivity contribution >= 4 is 37.1 Å². The number of phosphoric ester groups is 1. The molecule has 0 radical (unpaired) electrons. The van der Waals surface area contributed by atoms with Gasteiger partial charge in [0.2, 0.25) is 0 Å². The molecule has 1 aliphatic heterocycles. The largest absolute Gasteiger partial charge is 0.509 e. The van der Waals surface area contributed by atoms with Crippen LogP contribution in [-0.2, 0) is 51.0 Å². The summed E-state index contributed by atoms with van der Waals surface area (Å²) < 4.78 is 54.9. The van der Waals surface area contributed by atoms with Crippen LogP contribution in [0.4, 0.5) is 15.4 Å². The van der Waals surface area contributed by atoms with Gasteiger partial charge in [0.25, 0.3) is 5.69 Å². The molecule has 0 bridgehead atoms. The average molecular weight is 682 g/mol. The Hall–Kier alpha value is -4.18. The summed E-state index contributed by atoms with van der Waals surface area (Å²) in [4.78, 5) is 48.6. The number of anilines is 1. The number of hydrogen-bond donors (Lipinski definition) is 3. The normalized spacial score (nSPS) is 21.2. The summed E-state index contributed by atoms with van der Waals surface area (Å²) in [7, 11) is -3.06. The summed E-state index contributed by atoms with van der Waals surface area (Å²) in [6.45, 7) is 9.41. The van der Waals surface area contributed by atoms with Crippen LogP contribution in [0.3, 0.4) is 0 Å². The SMILES string of the molecule is C#CCOC(=O)O[C@H]1C(OP(=O)(O)OC(C)(C)C)[C@@H](COC(C)(C)C)O[C@H]1n1cnc2c(NC(=O)OCc3c[n+](C)[nH]n3)ncnc21. The van der Waals surface area contributed by atoms with Gasteiger partial charge >= 0.3 is 20.1 Å². The van der Waals surface area contributed by atoms with E-state index >= 15 is 0 Å². The minimum absolute atomic E-state index is 0.00548. The van der Waals surface area contributed by atoms with E-state index in [2.05, 4.69) is 36.5 Å². The molecule has 1 fully saturated rings. The van der Waals surface area contributed by atoms with Crippen LogP contribution in [-0.4, -0.2) is 89.7 Å². The van der Waals surface area contributed by atoms with Gasteiger partial charge in [-0.3, -0.25) is 18.9 Å². The number of fused-ring (bicyclic) bond motifs is 1. The maximum Gasteiger partial charge on any atom is 0.509 e. The van der Waals surface area contributed by atoms with E-state index in [1.54, 1.807) is 59.5 Å². The molecule has 0 aliphatic carbocycles. The maximum atomic E-state index is 13.2. The Labute approximate surface area is 269 Å². The van der Waals surface area contributed by atoms with E-state index in [-0.39, 0.29) is 30.2 Å². The first kappa shape index (κ1) is 35.7. The van der Waals surface area contributed by atoms with Gasteiger partial charge in [0.05, 0.1) is 24.1 Å². The van der Waals surface area contributed by atoms with E-state index in [1.165, 1.54) is 10.9 Å². The number of aryl methyl sites for hydroxylation is 1. The van der Waals surface area contributed by atoms with Crippen molar-refractivity contribution < 1.29 is 56.5 Å². The second kappa shape index (κ2) is 14.3. The van der Waals surface area contributed by atoms with Gasteiger partial charge in [-0.05, 0) is 41.5 Å². The van der Waals surface area contributed by atoms with Crippen molar-refractivity contribution in [3.05, 3.63) is 24.5 Å². The second-order valence-electron chi connectivity index (χ2n) is 12.2. The number of phosphoric acid groups is 1. The molecule has 3 N–H and O–H groups in total. The fourth-order valence-corrected chi connectivity index (χ4v) is 5.61. The van der Waals surface area contributed by atoms with Gasteiger partial charge in [-0.1, -0.05) is 11.1 Å². The van der Waals surface area contributed by atoms with Crippen LogP contribution >= 0.6 is 7.82 Å². The lowest BCUT2D eigenvalue weighted by Gasteiger charge is -2.29. The highest BCUT2D eigenvalue weighted by Crippen LogP contribution is 2.52. The van der Waals surface area contributed by atoms with Crippen molar-refractivity contribution in [1.82, 2.24) is 29.8 Å². The summed E-state index contributed by atoms with van der Waals surface area (Å²) in [5.74, 6) is 2.15. The number of terminal acetylenes is 1. The molecule has 1 aliphatic rings. The van der Waals surface area contributed by atoms with Gasteiger partial charge in [0.15, 0.2) is 48.7 Å². The molecule has 2 unspecified atom stereocenters. The molecule has 0 spiro atoms. The van der Waals surface area contributed by atoms with E-state index in [1.807, 2.05) is 0 Å². The first-order valence-corrected chi connectivity index (χ1v) is 15.7. The zero-order valence-electron chi connectivity index (χ0n) is 26.9. The van der Waals surface area contributed by atoms with Crippen molar-refractivity contribution in [2.24, 2.45) is 7.05 Å². The second-order valence-corrected chi connectivity index (χ2v) is 13.6. The Morgan fingerprint density at radius 1 is 1.17 bits per heavy atom. The monoisotopic (exact) mass is 681 g/mol. The number of carbonyl (C=O) groups excluding carboxylic acids is 2. The molecule has 4 rings (SSSR count). The highest BCUT2D eigenvalue weighted by Gasteiger charge is 2.53. The Morgan fingerprint density at radius 3 is 2.55 bits per heavy atom. The molecule has 256 valence electrons.